The summed E-state index contributed by atoms with van der Waals surface area (Å²) in [6.45, 7) is 14.6. The van der Waals surface area contributed by atoms with Gasteiger partial charge < -0.3 is 20.1 Å². The quantitative estimate of drug-likeness (QED) is 0.128. The Hall–Kier alpha value is -3.22. The van der Waals surface area contributed by atoms with Crippen molar-refractivity contribution in [2.75, 3.05) is 25.6 Å². The van der Waals surface area contributed by atoms with Gasteiger partial charge in [-0.05, 0) is 84.0 Å². The summed E-state index contributed by atoms with van der Waals surface area (Å²) in [5.41, 5.74) is 3.91. The fraction of sp³-hybridized carbons (Fsp3) is 0.444. The van der Waals surface area contributed by atoms with Crippen molar-refractivity contribution < 1.29 is 19.1 Å². The summed E-state index contributed by atoms with van der Waals surface area (Å²) >= 11 is 12.8. The molecule has 8 heteroatoms. The molecule has 0 atom stereocenters. The number of nitrogens with one attached hydrogen (secondary N) is 2. The molecule has 0 saturated heterocycles. The molecule has 0 aromatic heterocycles. The molecule has 0 unspecified atom stereocenters. The smallest absolute Gasteiger partial charge is 0.265 e. The molecule has 0 saturated carbocycles. The van der Waals surface area contributed by atoms with E-state index in [1.807, 2.05) is 0 Å². The first-order valence-corrected chi connectivity index (χ1v) is 16.0. The molecule has 0 aliphatic carbocycles. The van der Waals surface area contributed by atoms with Gasteiger partial charge in [-0.3, -0.25) is 9.59 Å². The summed E-state index contributed by atoms with van der Waals surface area (Å²) in [7, 11) is 1.55. The van der Waals surface area contributed by atoms with E-state index in [1.54, 1.807) is 55.6 Å². The van der Waals surface area contributed by atoms with Gasteiger partial charge in [-0.2, -0.15) is 0 Å². The first-order chi connectivity index (χ1) is 20.7. The Morgan fingerprint density at radius 2 is 1.48 bits per heavy atom. The SMILES string of the molecule is CCC(C)(C)c1ccc(OCCCCNC(=O)c2cccc(NC(=O)C(Cl)(Cl)c3ccc(OC)cc3)c2)c(C(C)(C)CC)c1. The number of ether oxygens (including phenoxy) is 2. The first-order valence-electron chi connectivity index (χ1n) is 15.2. The van der Waals surface area contributed by atoms with Crippen LogP contribution in [-0.2, 0) is 20.0 Å². The number of amides is 2. The molecule has 0 radical (unpaired) electrons. The molecule has 44 heavy (non-hydrogen) atoms. The predicted octanol–water partition coefficient (Wildman–Crippen LogP) is 8.93. The lowest BCUT2D eigenvalue weighted by Crippen LogP contribution is -2.30. The fourth-order valence-corrected chi connectivity index (χ4v) is 4.94. The lowest BCUT2D eigenvalue weighted by molar-refractivity contribution is -0.117. The third-order valence-corrected chi connectivity index (χ3v) is 9.27. The maximum atomic E-state index is 12.9. The summed E-state index contributed by atoms with van der Waals surface area (Å²) in [6.07, 6.45) is 3.63. The standard InChI is InChI=1S/C36H46Cl2N2O4/c1-8-34(3,4)27-17-20-31(30(24-27)35(5,6)9-2)44-22-11-10-21-39-32(41)25-13-12-14-28(23-25)40-33(42)36(37,38)26-15-18-29(43-7)19-16-26/h12-20,23-24H,8-11,21-22H2,1-7H3,(H,39,41)(H,40,42). The van der Waals surface area contributed by atoms with Gasteiger partial charge in [-0.25, -0.2) is 0 Å². The van der Waals surface area contributed by atoms with Gasteiger partial charge in [0, 0.05) is 23.4 Å². The molecule has 2 N–H and O–H groups in total. The molecule has 0 aliphatic rings. The van der Waals surface area contributed by atoms with Crippen LogP contribution in [0.25, 0.3) is 0 Å². The minimum absolute atomic E-state index is 0.00184. The third kappa shape index (κ3) is 8.92. The Balaban J connectivity index is 1.52. The van der Waals surface area contributed by atoms with Crippen LogP contribution in [0.1, 0.15) is 94.3 Å². The molecule has 238 valence electrons. The van der Waals surface area contributed by atoms with Crippen LogP contribution in [0.3, 0.4) is 0 Å². The van der Waals surface area contributed by atoms with E-state index in [0.29, 0.717) is 35.7 Å². The van der Waals surface area contributed by atoms with Crippen LogP contribution >= 0.6 is 23.2 Å². The highest BCUT2D eigenvalue weighted by molar-refractivity contribution is 6.58. The average Bonchev–Trinajstić information content (AvgIpc) is 3.02. The van der Waals surface area contributed by atoms with Crippen molar-refractivity contribution in [2.45, 2.75) is 82.4 Å². The van der Waals surface area contributed by atoms with Gasteiger partial charge in [0.25, 0.3) is 11.8 Å². The second-order valence-electron chi connectivity index (χ2n) is 12.3. The number of carbonyl (C=O) groups excluding carboxylic acids is 2. The summed E-state index contributed by atoms with van der Waals surface area (Å²) in [6, 6.07) is 19.9. The zero-order valence-electron chi connectivity index (χ0n) is 27.0. The largest absolute Gasteiger partial charge is 0.497 e. The zero-order valence-corrected chi connectivity index (χ0v) is 28.5. The summed E-state index contributed by atoms with van der Waals surface area (Å²) < 4.78 is 9.58. The maximum Gasteiger partial charge on any atom is 0.265 e. The lowest BCUT2D eigenvalue weighted by atomic mass is 9.76. The van der Waals surface area contributed by atoms with Gasteiger partial charge >= 0.3 is 0 Å². The van der Waals surface area contributed by atoms with Gasteiger partial charge in [0.15, 0.2) is 0 Å². The molecule has 0 spiro atoms. The van der Waals surface area contributed by atoms with Crippen LogP contribution < -0.4 is 20.1 Å². The van der Waals surface area contributed by atoms with Crippen molar-refractivity contribution >= 4 is 40.7 Å². The molecule has 3 aromatic carbocycles. The van der Waals surface area contributed by atoms with E-state index in [-0.39, 0.29) is 16.7 Å². The predicted molar refractivity (Wildman–Crippen MR) is 182 cm³/mol. The first kappa shape index (κ1) is 35.3. The van der Waals surface area contributed by atoms with Crippen molar-refractivity contribution in [3.63, 3.8) is 0 Å². The van der Waals surface area contributed by atoms with Crippen LogP contribution in [-0.4, -0.2) is 32.1 Å². The average molecular weight is 642 g/mol. The van der Waals surface area contributed by atoms with Crippen molar-refractivity contribution in [2.24, 2.45) is 0 Å². The second kappa shape index (κ2) is 15.2. The van der Waals surface area contributed by atoms with E-state index in [2.05, 4.69) is 70.4 Å². The molecule has 3 aromatic rings. The molecule has 3 rings (SSSR count). The van der Waals surface area contributed by atoms with Crippen molar-refractivity contribution in [3.05, 3.63) is 89.0 Å². The van der Waals surface area contributed by atoms with E-state index in [4.69, 9.17) is 32.7 Å². The lowest BCUT2D eigenvalue weighted by Gasteiger charge is -2.30. The van der Waals surface area contributed by atoms with Gasteiger partial charge in [-0.1, -0.05) is 95.1 Å². The van der Waals surface area contributed by atoms with E-state index >= 15 is 0 Å². The van der Waals surface area contributed by atoms with Gasteiger partial charge in [-0.15, -0.1) is 0 Å². The molecular weight excluding hydrogens is 595 g/mol. The van der Waals surface area contributed by atoms with E-state index in [1.165, 1.54) is 11.1 Å². The van der Waals surface area contributed by atoms with Crippen LogP contribution in [0, 0.1) is 0 Å². The zero-order chi connectivity index (χ0) is 32.5. The van der Waals surface area contributed by atoms with Crippen LogP contribution in [0.5, 0.6) is 11.5 Å². The van der Waals surface area contributed by atoms with Gasteiger partial charge in [0.05, 0.1) is 13.7 Å². The van der Waals surface area contributed by atoms with Crippen molar-refractivity contribution in [1.29, 1.82) is 0 Å². The Kier molecular flexibility index (Phi) is 12.2. The van der Waals surface area contributed by atoms with Crippen LogP contribution in [0.4, 0.5) is 5.69 Å². The van der Waals surface area contributed by atoms with E-state index in [9.17, 15) is 9.59 Å². The molecule has 2 amide bonds. The molecule has 0 aliphatic heterocycles. The number of carbonyl (C=O) groups is 2. The Morgan fingerprint density at radius 3 is 2.11 bits per heavy atom. The normalized spacial score (nSPS) is 12.0. The Bertz CT molecular complexity index is 1420. The van der Waals surface area contributed by atoms with Gasteiger partial charge in [0.2, 0.25) is 4.33 Å². The number of alkyl halides is 2. The highest BCUT2D eigenvalue weighted by Gasteiger charge is 2.36. The monoisotopic (exact) mass is 640 g/mol. The molecule has 0 heterocycles. The minimum Gasteiger partial charge on any atom is -0.497 e. The topological polar surface area (TPSA) is 76.7 Å². The molecule has 6 nitrogen and oxygen atoms in total. The van der Waals surface area contributed by atoms with E-state index in [0.717, 1.165) is 31.4 Å². The number of hydrogen-bond acceptors (Lipinski definition) is 4. The van der Waals surface area contributed by atoms with Gasteiger partial charge in [0.1, 0.15) is 11.5 Å². The van der Waals surface area contributed by atoms with Crippen molar-refractivity contribution in [3.8, 4) is 11.5 Å². The number of benzene rings is 3. The van der Waals surface area contributed by atoms with Crippen molar-refractivity contribution in [1.82, 2.24) is 5.32 Å². The summed E-state index contributed by atoms with van der Waals surface area (Å²) in [4.78, 5) is 25.7. The Labute approximate surface area is 272 Å². The highest BCUT2D eigenvalue weighted by atomic mass is 35.5. The molecular formula is C36H46Cl2N2O4. The second-order valence-corrected chi connectivity index (χ2v) is 13.7. The number of halogens is 2. The van der Waals surface area contributed by atoms with Crippen LogP contribution in [0.2, 0.25) is 0 Å². The minimum atomic E-state index is -1.83. The molecule has 0 fully saturated rings. The fourth-order valence-electron chi connectivity index (χ4n) is 4.59. The number of anilines is 1. The molecule has 0 bridgehead atoms. The Morgan fingerprint density at radius 1 is 0.818 bits per heavy atom. The highest BCUT2D eigenvalue weighted by Crippen LogP contribution is 2.39. The maximum absolute atomic E-state index is 12.9. The number of unbranched alkanes of at least 4 members (excludes halogenated alkanes) is 1. The number of hydrogen-bond donors (Lipinski definition) is 2. The number of methoxy groups -OCH3 is 1. The summed E-state index contributed by atoms with van der Waals surface area (Å²) in [5, 5.41) is 5.66. The van der Waals surface area contributed by atoms with Crippen LogP contribution in [0.15, 0.2) is 66.7 Å². The summed E-state index contributed by atoms with van der Waals surface area (Å²) in [5.74, 6) is 0.690. The van der Waals surface area contributed by atoms with E-state index < -0.39 is 10.2 Å². The number of rotatable bonds is 15. The third-order valence-electron chi connectivity index (χ3n) is 8.49.